The molecule has 2 heterocycles. The molecule has 200 valence electrons. The number of nitrogens with two attached hydrogens (primary N) is 1. The van der Waals surface area contributed by atoms with Crippen molar-refractivity contribution in [3.63, 3.8) is 0 Å². The zero-order valence-electron chi connectivity index (χ0n) is 21.0. The van der Waals surface area contributed by atoms with E-state index < -0.39 is 23.3 Å². The van der Waals surface area contributed by atoms with Crippen molar-refractivity contribution < 1.29 is 19.1 Å². The maximum absolute atomic E-state index is 14.2. The van der Waals surface area contributed by atoms with Gasteiger partial charge in [0.2, 0.25) is 11.8 Å². The van der Waals surface area contributed by atoms with Crippen molar-refractivity contribution in [1.82, 2.24) is 14.9 Å². The molecule has 39 heavy (non-hydrogen) atoms. The maximum Gasteiger partial charge on any atom is 0.249 e. The number of hydrogen-bond acceptors (Lipinski definition) is 6. The van der Waals surface area contributed by atoms with Gasteiger partial charge in [0, 0.05) is 11.9 Å². The molecule has 0 saturated carbocycles. The molecule has 9 nitrogen and oxygen atoms in total. The third-order valence-electron chi connectivity index (χ3n) is 6.92. The fourth-order valence-electron chi connectivity index (χ4n) is 4.88. The largest absolute Gasteiger partial charge is 0.508 e. The zero-order valence-corrected chi connectivity index (χ0v) is 21.8. The topological polar surface area (TPSA) is 137 Å². The standard InChI is InChI=1S/C28H25FN6O3.ClH/c1-28(31,19-7-5-18(13-30)22(29)11-19)25-14-32-16-34(25)15-26(37)33-23-9-10-35(27(23)38)24-4-2-3-17-6-8-20(36)12-21(17)24;/h2-8,11-12,14,16,23,36H,9-10,15,31H2,1H3,(H,33,37);1H/t23-,28?;/m0./s1. The first kappa shape index (κ1) is 27.6. The molecule has 1 saturated heterocycles. The summed E-state index contributed by atoms with van der Waals surface area (Å²) in [5, 5.41) is 23.4. The SMILES string of the molecule is CC(N)(c1ccc(C#N)c(F)c1)c1cncn1CC(=O)N[C@H]1CCN(c2cccc3ccc(O)cc23)C1=O.Cl. The first-order valence-corrected chi connectivity index (χ1v) is 12.0. The molecule has 4 aromatic rings. The number of phenolic OH excluding ortho intramolecular Hbond substituents is 1. The summed E-state index contributed by atoms with van der Waals surface area (Å²) in [4.78, 5) is 31.9. The van der Waals surface area contributed by atoms with Crippen LogP contribution in [0.25, 0.3) is 10.8 Å². The number of carbonyl (C=O) groups is 2. The number of anilines is 1. The Morgan fingerprint density at radius 2 is 2.08 bits per heavy atom. The van der Waals surface area contributed by atoms with Crippen molar-refractivity contribution in [3.05, 3.63) is 89.8 Å². The predicted octanol–water partition coefficient (Wildman–Crippen LogP) is 3.32. The molecule has 1 unspecified atom stereocenters. The van der Waals surface area contributed by atoms with Gasteiger partial charge in [-0.15, -0.1) is 12.4 Å². The van der Waals surface area contributed by atoms with Gasteiger partial charge in [-0.3, -0.25) is 9.59 Å². The monoisotopic (exact) mass is 548 g/mol. The molecule has 0 spiro atoms. The summed E-state index contributed by atoms with van der Waals surface area (Å²) in [6, 6.07) is 15.8. The quantitative estimate of drug-likeness (QED) is 0.338. The number of amides is 2. The number of aromatic nitrogens is 2. The highest BCUT2D eigenvalue weighted by Gasteiger charge is 2.35. The van der Waals surface area contributed by atoms with Crippen LogP contribution in [-0.4, -0.2) is 39.1 Å². The van der Waals surface area contributed by atoms with E-state index in [1.54, 1.807) is 46.7 Å². The minimum atomic E-state index is -1.20. The molecule has 3 aromatic carbocycles. The Morgan fingerprint density at radius 3 is 2.82 bits per heavy atom. The lowest BCUT2D eigenvalue weighted by molar-refractivity contribution is -0.126. The fourth-order valence-corrected chi connectivity index (χ4v) is 4.88. The van der Waals surface area contributed by atoms with E-state index in [9.17, 15) is 19.1 Å². The average molecular weight is 549 g/mol. The van der Waals surface area contributed by atoms with Crippen molar-refractivity contribution in [2.24, 2.45) is 5.73 Å². The molecule has 0 radical (unpaired) electrons. The van der Waals surface area contributed by atoms with Crippen LogP contribution in [0.15, 0.2) is 67.1 Å². The molecule has 0 aliphatic carbocycles. The Morgan fingerprint density at radius 1 is 1.28 bits per heavy atom. The smallest absolute Gasteiger partial charge is 0.249 e. The molecule has 4 N–H and O–H groups in total. The number of phenols is 1. The number of carbonyl (C=O) groups excluding carboxylic acids is 2. The highest BCUT2D eigenvalue weighted by molar-refractivity contribution is 6.08. The summed E-state index contributed by atoms with van der Waals surface area (Å²) in [7, 11) is 0. The van der Waals surface area contributed by atoms with E-state index in [1.165, 1.54) is 24.7 Å². The van der Waals surface area contributed by atoms with E-state index in [4.69, 9.17) is 11.0 Å². The van der Waals surface area contributed by atoms with Crippen molar-refractivity contribution >= 4 is 40.7 Å². The van der Waals surface area contributed by atoms with Gasteiger partial charge in [0.05, 0.1) is 35.0 Å². The molecular formula is C28H26ClFN6O3. The lowest BCUT2D eigenvalue weighted by Crippen LogP contribution is -2.43. The molecule has 1 aliphatic heterocycles. The Hall–Kier alpha value is -4.46. The van der Waals surface area contributed by atoms with Crippen LogP contribution in [0.3, 0.4) is 0 Å². The second-order valence-electron chi connectivity index (χ2n) is 9.50. The Balaban J connectivity index is 0.00000353. The number of nitrogens with one attached hydrogen (secondary N) is 1. The summed E-state index contributed by atoms with van der Waals surface area (Å²) >= 11 is 0. The molecule has 0 bridgehead atoms. The predicted molar refractivity (Wildman–Crippen MR) is 146 cm³/mol. The number of nitriles is 1. The Kier molecular flexibility index (Phi) is 7.58. The fraction of sp³-hybridized carbons (Fsp3) is 0.214. The van der Waals surface area contributed by atoms with Gasteiger partial charge in [-0.05, 0) is 54.6 Å². The number of imidazole rings is 1. The first-order valence-electron chi connectivity index (χ1n) is 12.0. The lowest BCUT2D eigenvalue weighted by atomic mass is 9.89. The summed E-state index contributed by atoms with van der Waals surface area (Å²) in [6.07, 6.45) is 3.38. The number of benzene rings is 3. The molecule has 2 atom stereocenters. The van der Waals surface area contributed by atoms with Gasteiger partial charge in [-0.25, -0.2) is 9.37 Å². The van der Waals surface area contributed by atoms with Crippen LogP contribution in [-0.2, 0) is 21.7 Å². The third-order valence-corrected chi connectivity index (χ3v) is 6.92. The number of rotatable bonds is 6. The molecule has 2 amide bonds. The Bertz CT molecular complexity index is 1610. The summed E-state index contributed by atoms with van der Waals surface area (Å²) in [6.45, 7) is 1.94. The number of hydrogen-bond donors (Lipinski definition) is 3. The number of aromatic hydroxyl groups is 1. The summed E-state index contributed by atoms with van der Waals surface area (Å²) in [5.74, 6) is -1.22. The molecule has 1 aromatic heterocycles. The summed E-state index contributed by atoms with van der Waals surface area (Å²) < 4.78 is 15.8. The first-order chi connectivity index (χ1) is 18.2. The molecule has 1 aliphatic rings. The van der Waals surface area contributed by atoms with E-state index in [2.05, 4.69) is 10.3 Å². The van der Waals surface area contributed by atoms with Crippen molar-refractivity contribution in [3.8, 4) is 11.8 Å². The van der Waals surface area contributed by atoms with Gasteiger partial charge in [-0.2, -0.15) is 5.26 Å². The van der Waals surface area contributed by atoms with E-state index >= 15 is 0 Å². The molecule has 5 rings (SSSR count). The van der Waals surface area contributed by atoms with Gasteiger partial charge in [0.25, 0.3) is 0 Å². The van der Waals surface area contributed by atoms with Gasteiger partial charge in [0.1, 0.15) is 30.2 Å². The minimum Gasteiger partial charge on any atom is -0.508 e. The van der Waals surface area contributed by atoms with Gasteiger partial charge in [0.15, 0.2) is 0 Å². The average Bonchev–Trinajstić information content (AvgIpc) is 3.50. The highest BCUT2D eigenvalue weighted by atomic mass is 35.5. The van der Waals surface area contributed by atoms with Crippen LogP contribution >= 0.6 is 12.4 Å². The number of nitrogens with zero attached hydrogens (tertiary/aromatic N) is 4. The highest BCUT2D eigenvalue weighted by Crippen LogP contribution is 2.32. The van der Waals surface area contributed by atoms with Crippen LogP contribution in [0.4, 0.5) is 10.1 Å². The second-order valence-corrected chi connectivity index (χ2v) is 9.50. The van der Waals surface area contributed by atoms with E-state index in [1.807, 2.05) is 18.2 Å². The Labute approximate surface area is 230 Å². The van der Waals surface area contributed by atoms with Crippen molar-refractivity contribution in [2.75, 3.05) is 11.4 Å². The van der Waals surface area contributed by atoms with Crippen LogP contribution in [0.2, 0.25) is 0 Å². The van der Waals surface area contributed by atoms with E-state index in [-0.39, 0.29) is 36.2 Å². The minimum absolute atomic E-state index is 0. The second kappa shape index (κ2) is 10.7. The maximum atomic E-state index is 14.2. The normalized spacial score (nSPS) is 16.4. The van der Waals surface area contributed by atoms with Crippen molar-refractivity contribution in [1.29, 1.82) is 5.26 Å². The van der Waals surface area contributed by atoms with E-state index in [0.717, 1.165) is 10.8 Å². The van der Waals surface area contributed by atoms with Crippen LogP contribution in [0.1, 0.15) is 30.2 Å². The number of halogens is 2. The molecular weight excluding hydrogens is 523 g/mol. The van der Waals surface area contributed by atoms with Crippen LogP contribution in [0.5, 0.6) is 5.75 Å². The van der Waals surface area contributed by atoms with Crippen molar-refractivity contribution in [2.45, 2.75) is 31.5 Å². The molecule has 1 fully saturated rings. The van der Waals surface area contributed by atoms with Gasteiger partial charge < -0.3 is 25.6 Å². The van der Waals surface area contributed by atoms with Crippen LogP contribution < -0.4 is 16.0 Å². The van der Waals surface area contributed by atoms with Gasteiger partial charge in [-0.1, -0.05) is 24.3 Å². The third kappa shape index (κ3) is 5.14. The van der Waals surface area contributed by atoms with Gasteiger partial charge >= 0.3 is 0 Å². The number of fused-ring (bicyclic) bond motifs is 1. The van der Waals surface area contributed by atoms with Crippen LogP contribution in [0, 0.1) is 17.1 Å². The summed E-state index contributed by atoms with van der Waals surface area (Å²) in [5.41, 5.74) is 6.80. The van der Waals surface area contributed by atoms with E-state index in [0.29, 0.717) is 29.9 Å². The lowest BCUT2D eigenvalue weighted by Gasteiger charge is -2.27. The molecule has 11 heteroatoms. The zero-order chi connectivity index (χ0) is 27.0.